The lowest BCUT2D eigenvalue weighted by atomic mass is 10.2. The Hall–Kier alpha value is -1.35. The molecule has 0 bridgehead atoms. The summed E-state index contributed by atoms with van der Waals surface area (Å²) in [5, 5.41) is 0.535. The summed E-state index contributed by atoms with van der Waals surface area (Å²) in [6.07, 6.45) is 1.90. The second-order valence-electron chi connectivity index (χ2n) is 4.24. The van der Waals surface area contributed by atoms with Gasteiger partial charge >= 0.3 is 0 Å². The molecule has 114 valence electrons. The van der Waals surface area contributed by atoms with E-state index in [9.17, 15) is 12.8 Å². The largest absolute Gasteiger partial charge is 0.385 e. The Kier molecular flexibility index (Phi) is 5.40. The van der Waals surface area contributed by atoms with Gasteiger partial charge in [0.15, 0.2) is 4.21 Å². The van der Waals surface area contributed by atoms with E-state index < -0.39 is 10.0 Å². The second kappa shape index (κ2) is 7.08. The maximum absolute atomic E-state index is 12.9. The van der Waals surface area contributed by atoms with Gasteiger partial charge in [0, 0.05) is 25.8 Å². The minimum Gasteiger partial charge on any atom is -0.385 e. The molecule has 1 aromatic carbocycles. The zero-order valence-electron chi connectivity index (χ0n) is 11.4. The summed E-state index contributed by atoms with van der Waals surface area (Å²) < 4.78 is 44.5. The van der Waals surface area contributed by atoms with Crippen LogP contribution in [-0.2, 0) is 14.8 Å². The van der Waals surface area contributed by atoms with Gasteiger partial charge in [-0.25, -0.2) is 22.5 Å². The van der Waals surface area contributed by atoms with Crippen molar-refractivity contribution >= 4 is 21.4 Å². The molecule has 2 rings (SSSR count). The van der Waals surface area contributed by atoms with E-state index in [4.69, 9.17) is 4.74 Å². The van der Waals surface area contributed by atoms with Gasteiger partial charge in [0.05, 0.1) is 6.20 Å². The van der Waals surface area contributed by atoms with Crippen LogP contribution in [0.3, 0.4) is 0 Å². The highest BCUT2D eigenvalue weighted by molar-refractivity contribution is 7.91. The van der Waals surface area contributed by atoms with Gasteiger partial charge in [-0.3, -0.25) is 0 Å². The topological polar surface area (TPSA) is 68.3 Å². The third-order valence-corrected chi connectivity index (χ3v) is 5.63. The molecule has 5 nitrogen and oxygen atoms in total. The van der Waals surface area contributed by atoms with Gasteiger partial charge in [0.1, 0.15) is 10.8 Å². The van der Waals surface area contributed by atoms with Gasteiger partial charge < -0.3 is 4.74 Å². The van der Waals surface area contributed by atoms with Crippen LogP contribution in [0.1, 0.15) is 6.42 Å². The number of hydrogen-bond acceptors (Lipinski definition) is 5. The number of nitrogens with one attached hydrogen (secondary N) is 1. The third kappa shape index (κ3) is 4.31. The van der Waals surface area contributed by atoms with Crippen LogP contribution in [0, 0.1) is 5.82 Å². The first-order chi connectivity index (χ1) is 10.0. The van der Waals surface area contributed by atoms with E-state index in [2.05, 4.69) is 9.71 Å². The number of thiazole rings is 1. The SMILES string of the molecule is COCCCNS(=O)(=O)c1cnc(-c2ccc(F)cc2)s1. The number of sulfonamides is 1. The molecule has 0 aliphatic carbocycles. The Labute approximate surface area is 126 Å². The first-order valence-electron chi connectivity index (χ1n) is 6.23. The summed E-state index contributed by atoms with van der Waals surface area (Å²) in [5.74, 6) is -0.344. The van der Waals surface area contributed by atoms with Crippen LogP contribution in [0.4, 0.5) is 4.39 Å². The van der Waals surface area contributed by atoms with Crippen molar-refractivity contribution in [2.24, 2.45) is 0 Å². The second-order valence-corrected chi connectivity index (χ2v) is 7.26. The lowest BCUT2D eigenvalue weighted by molar-refractivity contribution is 0.196. The molecule has 0 spiro atoms. The summed E-state index contributed by atoms with van der Waals surface area (Å²) in [6, 6.07) is 5.76. The van der Waals surface area contributed by atoms with Crippen LogP contribution >= 0.6 is 11.3 Å². The standard InChI is InChI=1S/C13H15FN2O3S2/c1-19-8-2-7-16-21(17,18)12-9-15-13(20-12)10-3-5-11(14)6-4-10/h3-6,9,16H,2,7-8H2,1H3. The van der Waals surface area contributed by atoms with Gasteiger partial charge in [-0.1, -0.05) is 0 Å². The van der Waals surface area contributed by atoms with Crippen molar-refractivity contribution in [1.29, 1.82) is 0 Å². The Bertz CT molecular complexity index is 684. The number of halogens is 1. The van der Waals surface area contributed by atoms with E-state index in [1.165, 1.54) is 18.3 Å². The average molecular weight is 330 g/mol. The van der Waals surface area contributed by atoms with E-state index >= 15 is 0 Å². The number of nitrogens with zero attached hydrogens (tertiary/aromatic N) is 1. The number of rotatable bonds is 7. The van der Waals surface area contributed by atoms with Gasteiger partial charge in [0.2, 0.25) is 0 Å². The predicted octanol–water partition coefficient (Wildman–Crippen LogP) is 2.26. The van der Waals surface area contributed by atoms with Crippen LogP contribution in [0.2, 0.25) is 0 Å². The molecule has 0 atom stereocenters. The van der Waals surface area contributed by atoms with Crippen LogP contribution in [0.5, 0.6) is 0 Å². The highest BCUT2D eigenvalue weighted by Gasteiger charge is 2.17. The molecule has 0 amide bonds. The molecule has 21 heavy (non-hydrogen) atoms. The van der Waals surface area contributed by atoms with Crippen molar-refractivity contribution < 1.29 is 17.5 Å². The van der Waals surface area contributed by atoms with Gasteiger partial charge in [-0.05, 0) is 30.7 Å². The number of ether oxygens (including phenoxy) is 1. The predicted molar refractivity (Wildman–Crippen MR) is 79.2 cm³/mol. The van der Waals surface area contributed by atoms with Gasteiger partial charge in [-0.15, -0.1) is 11.3 Å². The van der Waals surface area contributed by atoms with Crippen molar-refractivity contribution in [1.82, 2.24) is 9.71 Å². The van der Waals surface area contributed by atoms with Crippen LogP contribution in [0.25, 0.3) is 10.6 Å². The molecule has 0 saturated carbocycles. The molecule has 0 aliphatic heterocycles. The molecule has 0 aliphatic rings. The Morgan fingerprint density at radius 3 is 2.71 bits per heavy atom. The fraction of sp³-hybridized carbons (Fsp3) is 0.308. The highest BCUT2D eigenvalue weighted by atomic mass is 32.2. The molecule has 8 heteroatoms. The van der Waals surface area contributed by atoms with Gasteiger partial charge in [-0.2, -0.15) is 0 Å². The van der Waals surface area contributed by atoms with Gasteiger partial charge in [0.25, 0.3) is 10.0 Å². The molecule has 1 aromatic heterocycles. The number of methoxy groups -OCH3 is 1. The lowest BCUT2D eigenvalue weighted by Crippen LogP contribution is -2.24. The maximum atomic E-state index is 12.9. The lowest BCUT2D eigenvalue weighted by Gasteiger charge is -2.03. The number of hydrogen-bond donors (Lipinski definition) is 1. The van der Waals surface area contributed by atoms with Crippen molar-refractivity contribution in [2.75, 3.05) is 20.3 Å². The van der Waals surface area contributed by atoms with Crippen molar-refractivity contribution in [3.05, 3.63) is 36.3 Å². The Morgan fingerprint density at radius 1 is 1.33 bits per heavy atom. The minimum atomic E-state index is -3.56. The monoisotopic (exact) mass is 330 g/mol. The first kappa shape index (κ1) is 16.0. The van der Waals surface area contributed by atoms with Crippen LogP contribution < -0.4 is 4.72 Å². The summed E-state index contributed by atoms with van der Waals surface area (Å²) in [5.41, 5.74) is 0.683. The number of aromatic nitrogens is 1. The summed E-state index contributed by atoms with van der Waals surface area (Å²) in [7, 11) is -2.00. The van der Waals surface area contributed by atoms with Crippen molar-refractivity contribution in [3.8, 4) is 10.6 Å². The van der Waals surface area contributed by atoms with E-state index in [0.717, 1.165) is 11.3 Å². The Morgan fingerprint density at radius 2 is 2.05 bits per heavy atom. The molecule has 0 radical (unpaired) electrons. The molecule has 0 saturated heterocycles. The molecular formula is C13H15FN2O3S2. The van der Waals surface area contributed by atoms with E-state index in [1.807, 2.05) is 0 Å². The van der Waals surface area contributed by atoms with Crippen LogP contribution in [0.15, 0.2) is 34.7 Å². The van der Waals surface area contributed by atoms with E-state index in [1.54, 1.807) is 19.2 Å². The fourth-order valence-electron chi connectivity index (χ4n) is 1.60. The first-order valence-corrected chi connectivity index (χ1v) is 8.53. The van der Waals surface area contributed by atoms with Crippen molar-refractivity contribution in [2.45, 2.75) is 10.6 Å². The van der Waals surface area contributed by atoms with Crippen LogP contribution in [-0.4, -0.2) is 33.7 Å². The maximum Gasteiger partial charge on any atom is 0.251 e. The summed E-state index contributed by atoms with van der Waals surface area (Å²) in [6.45, 7) is 0.798. The number of benzene rings is 1. The third-order valence-electron chi connectivity index (χ3n) is 2.66. The van der Waals surface area contributed by atoms with E-state index in [0.29, 0.717) is 30.1 Å². The molecule has 1 N–H and O–H groups in total. The smallest absolute Gasteiger partial charge is 0.251 e. The average Bonchev–Trinajstić information content (AvgIpc) is 2.95. The normalized spacial score (nSPS) is 11.7. The van der Waals surface area contributed by atoms with E-state index in [-0.39, 0.29) is 10.0 Å². The Balaban J connectivity index is 2.10. The quantitative estimate of drug-likeness (QED) is 0.791. The zero-order chi connectivity index (χ0) is 15.3. The molecule has 2 aromatic rings. The minimum absolute atomic E-state index is 0.138. The summed E-state index contributed by atoms with van der Waals surface area (Å²) in [4.78, 5) is 4.08. The zero-order valence-corrected chi connectivity index (χ0v) is 13.0. The molecule has 0 fully saturated rings. The fourth-order valence-corrected chi connectivity index (χ4v) is 3.86. The summed E-state index contributed by atoms with van der Waals surface area (Å²) >= 11 is 1.05. The molecular weight excluding hydrogens is 315 g/mol. The molecule has 1 heterocycles. The van der Waals surface area contributed by atoms with Crippen molar-refractivity contribution in [3.63, 3.8) is 0 Å². The highest BCUT2D eigenvalue weighted by Crippen LogP contribution is 2.27. The molecule has 0 unspecified atom stereocenters.